The van der Waals surface area contributed by atoms with Gasteiger partial charge in [-0.25, -0.2) is 0 Å². The highest BCUT2D eigenvalue weighted by atomic mass is 127. The predicted octanol–water partition coefficient (Wildman–Crippen LogP) is 5.87. The van der Waals surface area contributed by atoms with Crippen LogP contribution in [0.25, 0.3) is 0 Å². The molecule has 2 aliphatic carbocycles. The van der Waals surface area contributed by atoms with E-state index in [1.165, 1.54) is 51.9 Å². The zero-order valence-electron chi connectivity index (χ0n) is 17.6. The molecule has 0 bridgehead atoms. The van der Waals surface area contributed by atoms with E-state index in [1.54, 1.807) is 0 Å². The highest BCUT2D eigenvalue weighted by molar-refractivity contribution is 14.1. The summed E-state index contributed by atoms with van der Waals surface area (Å²) in [5, 5.41) is 19.4. The number of hydrogen-bond acceptors (Lipinski definition) is 3. The number of alkyl halides is 1. The van der Waals surface area contributed by atoms with Crippen LogP contribution in [0.3, 0.4) is 0 Å². The van der Waals surface area contributed by atoms with Crippen molar-refractivity contribution in [1.82, 2.24) is 0 Å². The number of ether oxygens (including phenoxy) is 1. The Morgan fingerprint density at radius 1 is 1.11 bits per heavy atom. The Bertz CT molecular complexity index is 445. The second-order valence-corrected chi connectivity index (χ2v) is 11.2. The number of rotatable bonds is 9. The molecule has 0 aliphatic heterocycles. The number of halogens is 1. The highest BCUT2D eigenvalue weighted by Gasteiger charge is 2.30. The van der Waals surface area contributed by atoms with Crippen LogP contribution in [-0.4, -0.2) is 32.6 Å². The standard InChI is InChI=1S/C23H41IO3/c1-17-5-4-6-19(9-7-17)10-8-18(2)27-16-22(24)15-20-11-13-21(14-12-20)23(3,25)26/h11,13,17-22,25-26H,4-10,12,14-16H2,1-3H3/t17?,18?,19?,20?,21?,22-/m1/s1. The van der Waals surface area contributed by atoms with Gasteiger partial charge >= 0.3 is 0 Å². The molecule has 4 heteroatoms. The Morgan fingerprint density at radius 3 is 2.56 bits per heavy atom. The molecule has 158 valence electrons. The number of aliphatic hydroxyl groups is 2. The van der Waals surface area contributed by atoms with Gasteiger partial charge < -0.3 is 14.9 Å². The zero-order chi connectivity index (χ0) is 19.9. The van der Waals surface area contributed by atoms with Crippen molar-refractivity contribution in [2.45, 2.75) is 101 Å². The van der Waals surface area contributed by atoms with Crippen molar-refractivity contribution in [2.24, 2.45) is 23.7 Å². The van der Waals surface area contributed by atoms with Crippen LogP contribution in [0.4, 0.5) is 0 Å². The van der Waals surface area contributed by atoms with Gasteiger partial charge in [-0.3, -0.25) is 0 Å². The maximum atomic E-state index is 9.71. The lowest BCUT2D eigenvalue weighted by atomic mass is 9.82. The minimum atomic E-state index is -1.58. The Labute approximate surface area is 180 Å². The van der Waals surface area contributed by atoms with E-state index in [-0.39, 0.29) is 5.92 Å². The molecule has 6 atom stereocenters. The molecule has 0 amide bonds. The van der Waals surface area contributed by atoms with E-state index < -0.39 is 5.79 Å². The van der Waals surface area contributed by atoms with Crippen molar-refractivity contribution in [3.8, 4) is 0 Å². The summed E-state index contributed by atoms with van der Waals surface area (Å²) < 4.78 is 6.67. The molecule has 1 saturated carbocycles. The third kappa shape index (κ3) is 9.14. The van der Waals surface area contributed by atoms with Crippen molar-refractivity contribution in [1.29, 1.82) is 0 Å². The quantitative estimate of drug-likeness (QED) is 0.139. The van der Waals surface area contributed by atoms with E-state index >= 15 is 0 Å². The average Bonchev–Trinajstić information content (AvgIpc) is 2.82. The Balaban J connectivity index is 1.60. The second-order valence-electron chi connectivity index (χ2n) is 9.46. The molecule has 0 radical (unpaired) electrons. The van der Waals surface area contributed by atoms with E-state index in [9.17, 15) is 10.2 Å². The van der Waals surface area contributed by atoms with Crippen LogP contribution < -0.4 is 0 Å². The average molecular weight is 492 g/mol. The number of allylic oxidation sites excluding steroid dienone is 1. The lowest BCUT2D eigenvalue weighted by Gasteiger charge is -2.31. The Hall–Kier alpha value is 0.350. The van der Waals surface area contributed by atoms with Gasteiger partial charge in [-0.1, -0.05) is 73.8 Å². The minimum absolute atomic E-state index is 0.135. The molecule has 0 aromatic rings. The zero-order valence-corrected chi connectivity index (χ0v) is 19.7. The van der Waals surface area contributed by atoms with Gasteiger partial charge in [0.05, 0.1) is 12.7 Å². The first-order valence-corrected chi connectivity index (χ1v) is 12.4. The first kappa shape index (κ1) is 23.6. The molecular weight excluding hydrogens is 451 g/mol. The highest BCUT2D eigenvalue weighted by Crippen LogP contribution is 2.33. The van der Waals surface area contributed by atoms with Gasteiger partial charge in [0.1, 0.15) is 0 Å². The van der Waals surface area contributed by atoms with Crippen LogP contribution >= 0.6 is 22.6 Å². The maximum Gasteiger partial charge on any atom is 0.165 e. The molecule has 3 nitrogen and oxygen atoms in total. The van der Waals surface area contributed by atoms with Gasteiger partial charge in [0.25, 0.3) is 0 Å². The van der Waals surface area contributed by atoms with E-state index in [0.29, 0.717) is 15.9 Å². The van der Waals surface area contributed by atoms with Gasteiger partial charge in [-0.15, -0.1) is 0 Å². The first-order valence-electron chi connectivity index (χ1n) is 11.1. The molecule has 0 aromatic heterocycles. The van der Waals surface area contributed by atoms with E-state index in [1.807, 2.05) is 6.08 Å². The SMILES string of the molecule is CC1CCCC(CCC(C)OC[C@H](I)CC2C=CC(C(C)(O)O)CC2)CC1. The fraction of sp³-hybridized carbons (Fsp3) is 0.913. The summed E-state index contributed by atoms with van der Waals surface area (Å²) in [5.74, 6) is 0.664. The smallest absolute Gasteiger partial charge is 0.165 e. The van der Waals surface area contributed by atoms with E-state index in [0.717, 1.165) is 37.7 Å². The molecule has 0 saturated heterocycles. The van der Waals surface area contributed by atoms with Crippen LogP contribution in [-0.2, 0) is 4.74 Å². The maximum absolute atomic E-state index is 9.71. The summed E-state index contributed by atoms with van der Waals surface area (Å²) >= 11 is 2.52. The van der Waals surface area contributed by atoms with Crippen LogP contribution in [0.15, 0.2) is 12.2 Å². The lowest BCUT2D eigenvalue weighted by Crippen LogP contribution is -2.34. The molecule has 2 N–H and O–H groups in total. The Kier molecular flexibility index (Phi) is 10.1. The third-order valence-corrected chi connectivity index (χ3v) is 7.51. The summed E-state index contributed by atoms with van der Waals surface area (Å²) in [5.41, 5.74) is 0. The molecule has 2 aliphatic rings. The largest absolute Gasteiger partial charge is 0.377 e. The molecule has 27 heavy (non-hydrogen) atoms. The fourth-order valence-corrected chi connectivity index (χ4v) is 5.46. The summed E-state index contributed by atoms with van der Waals surface area (Å²) in [6.45, 7) is 6.95. The lowest BCUT2D eigenvalue weighted by molar-refractivity contribution is -0.176. The van der Waals surface area contributed by atoms with Crippen molar-refractivity contribution in [3.63, 3.8) is 0 Å². The van der Waals surface area contributed by atoms with Gasteiger partial charge in [0.15, 0.2) is 5.79 Å². The van der Waals surface area contributed by atoms with Gasteiger partial charge in [0.2, 0.25) is 0 Å². The van der Waals surface area contributed by atoms with E-state index in [4.69, 9.17) is 4.74 Å². The summed E-state index contributed by atoms with van der Waals surface area (Å²) in [6.07, 6.45) is 17.1. The van der Waals surface area contributed by atoms with Crippen LogP contribution in [0.5, 0.6) is 0 Å². The van der Waals surface area contributed by atoms with Crippen LogP contribution in [0.1, 0.15) is 85.0 Å². The van der Waals surface area contributed by atoms with Crippen LogP contribution in [0.2, 0.25) is 0 Å². The molecule has 2 rings (SSSR count). The van der Waals surface area contributed by atoms with E-state index in [2.05, 4.69) is 42.5 Å². The van der Waals surface area contributed by atoms with Crippen molar-refractivity contribution in [2.75, 3.05) is 6.61 Å². The molecule has 0 aromatic carbocycles. The molecule has 0 spiro atoms. The third-order valence-electron chi connectivity index (χ3n) is 6.65. The van der Waals surface area contributed by atoms with Crippen molar-refractivity contribution >= 4 is 22.6 Å². The summed E-state index contributed by atoms with van der Waals surface area (Å²) in [6, 6.07) is 0. The van der Waals surface area contributed by atoms with Gasteiger partial charge in [-0.2, -0.15) is 0 Å². The number of hydrogen-bond donors (Lipinski definition) is 2. The van der Waals surface area contributed by atoms with Gasteiger partial charge in [-0.05, 0) is 63.7 Å². The normalized spacial score (nSPS) is 32.1. The molecule has 1 fully saturated rings. The van der Waals surface area contributed by atoms with Crippen molar-refractivity contribution in [3.05, 3.63) is 12.2 Å². The monoisotopic (exact) mass is 492 g/mol. The second kappa shape index (κ2) is 11.5. The van der Waals surface area contributed by atoms with Crippen molar-refractivity contribution < 1.29 is 14.9 Å². The molecular formula is C23H41IO3. The summed E-state index contributed by atoms with van der Waals surface area (Å²) in [7, 11) is 0. The fourth-order valence-electron chi connectivity index (χ4n) is 4.60. The minimum Gasteiger partial charge on any atom is -0.377 e. The molecule has 5 unspecified atom stereocenters. The van der Waals surface area contributed by atoms with Crippen LogP contribution in [0, 0.1) is 23.7 Å². The first-order chi connectivity index (χ1) is 12.7. The Morgan fingerprint density at radius 2 is 1.89 bits per heavy atom. The van der Waals surface area contributed by atoms with Gasteiger partial charge in [0, 0.05) is 9.84 Å². The molecule has 0 heterocycles. The summed E-state index contributed by atoms with van der Waals surface area (Å²) in [4.78, 5) is 0. The predicted molar refractivity (Wildman–Crippen MR) is 121 cm³/mol. The topological polar surface area (TPSA) is 49.7 Å².